The summed E-state index contributed by atoms with van der Waals surface area (Å²) in [6.07, 6.45) is 3.92. The van der Waals surface area contributed by atoms with Gasteiger partial charge in [0.15, 0.2) is 7.11 Å². The Labute approximate surface area is 109 Å². The largest absolute Gasteiger partial charge is 0.376 e. The van der Waals surface area contributed by atoms with Gasteiger partial charge in [-0.3, -0.25) is 0 Å². The van der Waals surface area contributed by atoms with Crippen molar-refractivity contribution in [2.75, 3.05) is 19.0 Å². The zero-order valence-corrected chi connectivity index (χ0v) is 11.7. The summed E-state index contributed by atoms with van der Waals surface area (Å²) in [6.45, 7) is 4.48. The molecule has 0 aliphatic rings. The van der Waals surface area contributed by atoms with E-state index in [1.807, 2.05) is 38.1 Å². The van der Waals surface area contributed by atoms with Crippen LogP contribution in [0.5, 0.6) is 0 Å². The lowest BCUT2D eigenvalue weighted by Gasteiger charge is -2.06. The van der Waals surface area contributed by atoms with E-state index < -0.39 is 0 Å². The molecule has 1 N–H and O–H groups in total. The Kier molecular flexibility index (Phi) is 5.15. The fourth-order valence-corrected chi connectivity index (χ4v) is 1.75. The van der Waals surface area contributed by atoms with Crippen LogP contribution in [-0.4, -0.2) is 18.6 Å². The minimum atomic E-state index is 0.492. The fraction of sp³-hybridized carbons (Fsp3) is 0.333. The molecule has 0 aromatic heterocycles. The summed E-state index contributed by atoms with van der Waals surface area (Å²) in [5.74, 6) is 0. The number of hydrogen-bond donors (Lipinski definition) is 1. The molecule has 0 aliphatic carbocycles. The van der Waals surface area contributed by atoms with Gasteiger partial charge in [0.05, 0.1) is 4.91 Å². The molecule has 0 bridgehead atoms. The summed E-state index contributed by atoms with van der Waals surface area (Å²) in [5.41, 5.74) is 2.08. The van der Waals surface area contributed by atoms with E-state index in [9.17, 15) is 4.91 Å². The highest BCUT2D eigenvalue weighted by Gasteiger charge is 2.25. The second kappa shape index (κ2) is 6.39. The first-order valence-corrected chi connectivity index (χ1v) is 6.06. The molecule has 0 saturated heterocycles. The third-order valence-electron chi connectivity index (χ3n) is 2.36. The van der Waals surface area contributed by atoms with Crippen LogP contribution in [0.4, 0.5) is 11.4 Å². The van der Waals surface area contributed by atoms with Gasteiger partial charge in [-0.05, 0) is 26.0 Å². The first-order chi connectivity index (χ1) is 8.11. The van der Waals surface area contributed by atoms with Crippen LogP contribution in [0.2, 0.25) is 0 Å². The average molecular weight is 300 g/mol. The summed E-state index contributed by atoms with van der Waals surface area (Å²) in [4.78, 5) is 16.9. The number of halogens is 1. The van der Waals surface area contributed by atoms with E-state index in [0.717, 1.165) is 15.7 Å². The second-order valence-corrected chi connectivity index (χ2v) is 4.31. The van der Waals surface area contributed by atoms with Crippen LogP contribution in [0.25, 0.3) is 0 Å². The number of rotatable bonds is 5. The lowest BCUT2D eigenvalue weighted by atomic mass is 10.1. The third kappa shape index (κ3) is 3.30. The third-order valence-corrected chi connectivity index (χ3v) is 3.22. The monoisotopic (exact) mass is 299 g/mol. The van der Waals surface area contributed by atoms with Gasteiger partial charge in [0.25, 0.3) is 4.92 Å². The van der Waals surface area contributed by atoms with Crippen LogP contribution in [0.15, 0.2) is 28.8 Å². The van der Waals surface area contributed by atoms with Crippen LogP contribution in [0.3, 0.4) is 0 Å². The lowest BCUT2D eigenvalue weighted by molar-refractivity contribution is -0.736. The van der Waals surface area contributed by atoms with Gasteiger partial charge >= 0.3 is 5.69 Å². The van der Waals surface area contributed by atoms with E-state index >= 15 is 0 Å². The van der Waals surface area contributed by atoms with Crippen molar-refractivity contribution in [2.24, 2.45) is 0 Å². The molecule has 0 heterocycles. The van der Waals surface area contributed by atoms with Crippen molar-refractivity contribution in [3.05, 3.63) is 39.2 Å². The number of hydrogen-bond acceptors (Lipinski definition) is 3. The van der Waals surface area contributed by atoms with Crippen LogP contribution in [0.1, 0.15) is 12.5 Å². The highest BCUT2D eigenvalue weighted by Crippen LogP contribution is 2.33. The van der Waals surface area contributed by atoms with Crippen molar-refractivity contribution in [3.63, 3.8) is 0 Å². The maximum Gasteiger partial charge on any atom is 0.343 e. The molecule has 5 heteroatoms. The van der Waals surface area contributed by atoms with E-state index in [-0.39, 0.29) is 0 Å². The standard InChI is InChI=1S/C12H16BrN2O2/c1-4-5-8-14-11-7-6-10(13)9(2)12(11)15(16)17-3/h4-7,14H,8H2,1-3H3/q+1/b5-4+. The molecule has 0 spiro atoms. The van der Waals surface area contributed by atoms with Gasteiger partial charge in [0.1, 0.15) is 5.69 Å². The van der Waals surface area contributed by atoms with Crippen molar-refractivity contribution < 1.29 is 9.76 Å². The van der Waals surface area contributed by atoms with Gasteiger partial charge in [-0.25, -0.2) is 4.84 Å². The molecule has 0 aliphatic heterocycles. The normalized spacial score (nSPS) is 10.6. The Hall–Kier alpha value is -1.36. The van der Waals surface area contributed by atoms with E-state index in [4.69, 9.17) is 4.84 Å². The highest BCUT2D eigenvalue weighted by atomic mass is 79.9. The quantitative estimate of drug-likeness (QED) is 0.665. The van der Waals surface area contributed by atoms with Gasteiger partial charge in [-0.2, -0.15) is 0 Å². The van der Waals surface area contributed by atoms with Gasteiger partial charge < -0.3 is 5.32 Å². The van der Waals surface area contributed by atoms with Gasteiger partial charge in [0.2, 0.25) is 0 Å². The van der Waals surface area contributed by atoms with Gasteiger partial charge in [0, 0.05) is 16.6 Å². The van der Waals surface area contributed by atoms with Crippen LogP contribution in [-0.2, 0) is 4.84 Å². The average Bonchev–Trinajstić information content (AvgIpc) is 2.33. The molecule has 1 aromatic carbocycles. The molecule has 1 rings (SSSR count). The molecule has 0 radical (unpaired) electrons. The number of nitrogens with one attached hydrogen (secondary N) is 1. The minimum Gasteiger partial charge on any atom is -0.376 e. The van der Waals surface area contributed by atoms with Crippen LogP contribution < -0.4 is 5.32 Å². The summed E-state index contributed by atoms with van der Waals surface area (Å²) in [5, 5.41) is 3.17. The van der Waals surface area contributed by atoms with E-state index in [1.165, 1.54) is 7.11 Å². The molecule has 0 amide bonds. The maximum absolute atomic E-state index is 11.7. The van der Waals surface area contributed by atoms with Gasteiger partial charge in [-0.1, -0.05) is 28.1 Å². The Morgan fingerprint density at radius 3 is 2.82 bits per heavy atom. The SMILES string of the molecule is C/C=C/CNc1ccc(Br)c(C)c1[N+](=O)OC. The topological polar surface area (TPSA) is 41.3 Å². The molecule has 0 fully saturated rings. The molecular weight excluding hydrogens is 284 g/mol. The first-order valence-electron chi connectivity index (χ1n) is 5.27. The molecule has 1 aromatic rings. The molecule has 0 atom stereocenters. The summed E-state index contributed by atoms with van der Waals surface area (Å²) >= 11 is 3.40. The van der Waals surface area contributed by atoms with E-state index in [0.29, 0.717) is 17.2 Å². The lowest BCUT2D eigenvalue weighted by Crippen LogP contribution is -2.07. The molecule has 0 saturated carbocycles. The zero-order chi connectivity index (χ0) is 12.8. The van der Waals surface area contributed by atoms with Crippen molar-refractivity contribution in [2.45, 2.75) is 13.8 Å². The number of nitrogens with zero attached hydrogens (tertiary/aromatic N) is 1. The predicted octanol–water partition coefficient (Wildman–Crippen LogP) is 3.72. The van der Waals surface area contributed by atoms with Crippen molar-refractivity contribution >= 4 is 27.3 Å². The van der Waals surface area contributed by atoms with E-state index in [1.54, 1.807) is 0 Å². The van der Waals surface area contributed by atoms with Crippen molar-refractivity contribution in [3.8, 4) is 0 Å². The molecule has 0 unspecified atom stereocenters. The molecule has 92 valence electrons. The first kappa shape index (κ1) is 13.7. The Balaban J connectivity index is 3.11. The second-order valence-electron chi connectivity index (χ2n) is 3.46. The van der Waals surface area contributed by atoms with Crippen LogP contribution >= 0.6 is 15.9 Å². The fourth-order valence-electron chi connectivity index (χ4n) is 1.43. The molecule has 17 heavy (non-hydrogen) atoms. The number of anilines is 1. The summed E-state index contributed by atoms with van der Waals surface area (Å²) < 4.78 is 0.877. The Morgan fingerprint density at radius 2 is 2.24 bits per heavy atom. The highest BCUT2D eigenvalue weighted by molar-refractivity contribution is 9.10. The van der Waals surface area contributed by atoms with Crippen molar-refractivity contribution in [1.82, 2.24) is 0 Å². The van der Waals surface area contributed by atoms with Crippen molar-refractivity contribution in [1.29, 1.82) is 0 Å². The van der Waals surface area contributed by atoms with Crippen LogP contribution in [0, 0.1) is 11.8 Å². The number of allylic oxidation sites excluding steroid dienone is 1. The Bertz CT molecular complexity index is 444. The molecular formula is C12H16BrN2O2+. The predicted molar refractivity (Wildman–Crippen MR) is 72.5 cm³/mol. The zero-order valence-electron chi connectivity index (χ0n) is 10.2. The maximum atomic E-state index is 11.7. The van der Waals surface area contributed by atoms with Gasteiger partial charge in [-0.15, -0.1) is 0 Å². The Morgan fingerprint density at radius 1 is 1.53 bits per heavy atom. The summed E-state index contributed by atoms with van der Waals surface area (Å²) in [7, 11) is 1.35. The minimum absolute atomic E-state index is 0.492. The number of benzene rings is 1. The molecule has 4 nitrogen and oxygen atoms in total. The smallest absolute Gasteiger partial charge is 0.343 e. The summed E-state index contributed by atoms with van der Waals surface area (Å²) in [6, 6.07) is 3.75. The van der Waals surface area contributed by atoms with E-state index in [2.05, 4.69) is 21.2 Å².